The van der Waals surface area contributed by atoms with Crippen molar-refractivity contribution in [1.82, 2.24) is 9.99 Å². The number of aromatic carboxylic acids is 1. The molecule has 2 aromatic heterocycles. The third-order valence-corrected chi connectivity index (χ3v) is 3.89. The third kappa shape index (κ3) is 2.57. The topological polar surface area (TPSA) is 83.7 Å². The smallest absolute Gasteiger partial charge is 0.341 e. The summed E-state index contributed by atoms with van der Waals surface area (Å²) in [6.45, 7) is 5.15. The van der Waals surface area contributed by atoms with Crippen LogP contribution in [-0.2, 0) is 6.54 Å². The highest BCUT2D eigenvalue weighted by atomic mass is 32.1. The van der Waals surface area contributed by atoms with E-state index in [4.69, 9.17) is 5.11 Å². The molecule has 0 saturated carbocycles. The van der Waals surface area contributed by atoms with Crippen molar-refractivity contribution in [3.63, 3.8) is 0 Å². The fourth-order valence-electron chi connectivity index (χ4n) is 1.85. The van der Waals surface area contributed by atoms with Gasteiger partial charge >= 0.3 is 5.97 Å². The predicted molar refractivity (Wildman–Crippen MR) is 80.0 cm³/mol. The normalized spacial score (nSPS) is 11.3. The van der Waals surface area contributed by atoms with E-state index in [9.17, 15) is 9.59 Å². The number of fused-ring (bicyclic) bond motifs is 1. The Morgan fingerprint density at radius 1 is 1.55 bits per heavy atom. The lowest BCUT2D eigenvalue weighted by Crippen LogP contribution is -2.17. The van der Waals surface area contributed by atoms with Crippen LogP contribution in [0.5, 0.6) is 0 Å². The maximum Gasteiger partial charge on any atom is 0.341 e. The first-order valence-corrected chi connectivity index (χ1v) is 7.06. The molecule has 6 nitrogen and oxygen atoms in total. The average Bonchev–Trinajstić information content (AvgIpc) is 2.84. The molecule has 2 heterocycles. The molecule has 0 fully saturated rings. The lowest BCUT2D eigenvalue weighted by Gasteiger charge is -2.05. The zero-order valence-corrected chi connectivity index (χ0v) is 12.0. The Hall–Kier alpha value is -2.15. The SMILES string of the molecule is CCNN=Cc1cc2c(=O)c(C(=O)O)cn(CC)c2s1. The Morgan fingerprint density at radius 2 is 2.30 bits per heavy atom. The van der Waals surface area contributed by atoms with Gasteiger partial charge in [-0.3, -0.25) is 4.79 Å². The molecule has 0 radical (unpaired) electrons. The maximum absolute atomic E-state index is 12.1. The number of hydrogen-bond acceptors (Lipinski definition) is 5. The number of hydrogen-bond donors (Lipinski definition) is 2. The highest BCUT2D eigenvalue weighted by Crippen LogP contribution is 2.22. The van der Waals surface area contributed by atoms with Crippen molar-refractivity contribution in [3.8, 4) is 0 Å². The van der Waals surface area contributed by atoms with Crippen LogP contribution in [0.1, 0.15) is 29.1 Å². The van der Waals surface area contributed by atoms with E-state index in [1.807, 2.05) is 13.8 Å². The van der Waals surface area contributed by atoms with Gasteiger partial charge in [-0.2, -0.15) is 5.10 Å². The highest BCUT2D eigenvalue weighted by molar-refractivity contribution is 7.20. The minimum Gasteiger partial charge on any atom is -0.477 e. The van der Waals surface area contributed by atoms with E-state index in [0.29, 0.717) is 18.5 Å². The Labute approximate surface area is 119 Å². The Kier molecular flexibility index (Phi) is 4.19. The van der Waals surface area contributed by atoms with Crippen molar-refractivity contribution >= 4 is 33.7 Å². The molecule has 106 valence electrons. The van der Waals surface area contributed by atoms with E-state index in [0.717, 1.165) is 9.71 Å². The molecule has 0 bridgehead atoms. The summed E-state index contributed by atoms with van der Waals surface area (Å²) < 4.78 is 1.77. The molecule has 0 amide bonds. The largest absolute Gasteiger partial charge is 0.477 e. The van der Waals surface area contributed by atoms with E-state index in [1.165, 1.54) is 17.5 Å². The fraction of sp³-hybridized carbons (Fsp3) is 0.308. The average molecular weight is 293 g/mol. The minimum absolute atomic E-state index is 0.202. The predicted octanol–water partition coefficient (Wildman–Crippen LogP) is 1.72. The lowest BCUT2D eigenvalue weighted by atomic mass is 10.2. The first kappa shape index (κ1) is 14.3. The number of nitrogens with zero attached hydrogens (tertiary/aromatic N) is 2. The Bertz CT molecular complexity index is 730. The third-order valence-electron chi connectivity index (χ3n) is 2.78. The summed E-state index contributed by atoms with van der Waals surface area (Å²) in [5, 5.41) is 13.5. The maximum atomic E-state index is 12.1. The molecule has 2 N–H and O–H groups in total. The van der Waals surface area contributed by atoms with Crippen molar-refractivity contribution in [2.75, 3.05) is 6.54 Å². The molecule has 0 spiro atoms. The number of rotatable bonds is 5. The molecular weight excluding hydrogens is 278 g/mol. The van der Waals surface area contributed by atoms with E-state index >= 15 is 0 Å². The summed E-state index contributed by atoms with van der Waals surface area (Å²) in [7, 11) is 0. The Morgan fingerprint density at radius 3 is 2.90 bits per heavy atom. The molecule has 0 aliphatic carbocycles. The second-order valence-electron chi connectivity index (χ2n) is 4.10. The molecule has 0 unspecified atom stereocenters. The second-order valence-corrected chi connectivity index (χ2v) is 5.16. The zero-order valence-electron chi connectivity index (χ0n) is 11.2. The number of carboxylic acids is 1. The summed E-state index contributed by atoms with van der Waals surface area (Å²) in [6.07, 6.45) is 3.03. The van der Waals surface area contributed by atoms with E-state index in [1.54, 1.807) is 16.8 Å². The molecule has 20 heavy (non-hydrogen) atoms. The minimum atomic E-state index is -1.20. The van der Waals surface area contributed by atoms with Gasteiger partial charge in [0.1, 0.15) is 10.4 Å². The van der Waals surface area contributed by atoms with Crippen molar-refractivity contribution in [3.05, 3.63) is 32.9 Å². The zero-order chi connectivity index (χ0) is 14.7. The van der Waals surface area contributed by atoms with Gasteiger partial charge in [-0.15, -0.1) is 11.3 Å². The first-order chi connectivity index (χ1) is 9.58. The van der Waals surface area contributed by atoms with Crippen LogP contribution >= 0.6 is 11.3 Å². The molecule has 0 aliphatic heterocycles. The van der Waals surface area contributed by atoms with Gasteiger partial charge in [0.15, 0.2) is 0 Å². The Balaban J connectivity index is 2.63. The van der Waals surface area contributed by atoms with Gasteiger partial charge in [0.2, 0.25) is 5.43 Å². The summed E-state index contributed by atoms with van der Waals surface area (Å²) in [5.41, 5.74) is 2.16. The van der Waals surface area contributed by atoms with Gasteiger partial charge in [0, 0.05) is 19.3 Å². The van der Waals surface area contributed by atoms with Gasteiger partial charge < -0.3 is 15.1 Å². The molecule has 2 rings (SSSR count). The van der Waals surface area contributed by atoms with E-state index < -0.39 is 11.4 Å². The summed E-state index contributed by atoms with van der Waals surface area (Å²) in [4.78, 5) is 24.8. The van der Waals surface area contributed by atoms with Crippen molar-refractivity contribution in [1.29, 1.82) is 0 Å². The van der Waals surface area contributed by atoms with Crippen LogP contribution < -0.4 is 10.9 Å². The first-order valence-electron chi connectivity index (χ1n) is 6.24. The number of pyridine rings is 1. The van der Waals surface area contributed by atoms with E-state index in [-0.39, 0.29) is 5.56 Å². The number of carbonyl (C=O) groups is 1. The quantitative estimate of drug-likeness (QED) is 0.649. The van der Waals surface area contributed by atoms with Gasteiger partial charge in [0.05, 0.1) is 16.5 Å². The van der Waals surface area contributed by atoms with E-state index in [2.05, 4.69) is 10.5 Å². The summed E-state index contributed by atoms with van der Waals surface area (Å²) in [5.74, 6) is -1.20. The lowest BCUT2D eigenvalue weighted by molar-refractivity contribution is 0.0695. The molecule has 0 aromatic carbocycles. The van der Waals surface area contributed by atoms with Gasteiger partial charge in [-0.25, -0.2) is 4.79 Å². The van der Waals surface area contributed by atoms with Gasteiger partial charge in [-0.1, -0.05) is 0 Å². The highest BCUT2D eigenvalue weighted by Gasteiger charge is 2.16. The van der Waals surface area contributed by atoms with Gasteiger partial charge in [-0.05, 0) is 19.9 Å². The monoisotopic (exact) mass is 293 g/mol. The van der Waals surface area contributed by atoms with Crippen LogP contribution in [-0.4, -0.2) is 28.4 Å². The fourth-order valence-corrected chi connectivity index (χ4v) is 2.91. The standard InChI is InChI=1S/C13H15N3O3S/c1-3-14-15-6-8-5-9-11(17)10(13(18)19)7-16(4-2)12(9)20-8/h5-7,14H,3-4H2,1-2H3,(H,18,19). The van der Waals surface area contributed by atoms with Crippen LogP contribution in [0.3, 0.4) is 0 Å². The number of thiophene rings is 1. The summed E-state index contributed by atoms with van der Waals surface area (Å²) >= 11 is 1.41. The second kappa shape index (κ2) is 5.87. The molecule has 0 aliphatic rings. The van der Waals surface area contributed by atoms with Crippen LogP contribution in [0, 0.1) is 0 Å². The number of carboxylic acid groups (broad SMARTS) is 1. The van der Waals surface area contributed by atoms with Crippen LogP contribution in [0.2, 0.25) is 0 Å². The van der Waals surface area contributed by atoms with Crippen LogP contribution in [0.15, 0.2) is 22.2 Å². The van der Waals surface area contributed by atoms with Crippen molar-refractivity contribution in [2.45, 2.75) is 20.4 Å². The molecule has 7 heteroatoms. The number of nitrogens with one attached hydrogen (secondary N) is 1. The van der Waals surface area contributed by atoms with Crippen LogP contribution in [0.25, 0.3) is 10.2 Å². The molecular formula is C13H15N3O3S. The molecule has 2 aromatic rings. The molecule has 0 atom stereocenters. The van der Waals surface area contributed by atoms with Crippen molar-refractivity contribution < 1.29 is 9.90 Å². The number of aromatic nitrogens is 1. The number of hydrazone groups is 1. The molecule has 0 saturated heterocycles. The van der Waals surface area contributed by atoms with Crippen LogP contribution in [0.4, 0.5) is 0 Å². The number of aryl methyl sites for hydroxylation is 1. The van der Waals surface area contributed by atoms with Crippen molar-refractivity contribution in [2.24, 2.45) is 5.10 Å². The summed E-state index contributed by atoms with van der Waals surface area (Å²) in [6, 6.07) is 1.68. The van der Waals surface area contributed by atoms with Gasteiger partial charge in [0.25, 0.3) is 0 Å².